The van der Waals surface area contributed by atoms with E-state index in [1.54, 1.807) is 0 Å². The number of nitrogens with one attached hydrogen (secondary N) is 1. The summed E-state index contributed by atoms with van der Waals surface area (Å²) in [5.41, 5.74) is 0. The molecule has 2 N–H and O–H groups in total. The van der Waals surface area contributed by atoms with Crippen LogP contribution in [0.5, 0.6) is 0 Å². The fourth-order valence-electron chi connectivity index (χ4n) is 0.798. The van der Waals surface area contributed by atoms with E-state index in [9.17, 15) is 4.79 Å². The molecule has 0 spiro atoms. The summed E-state index contributed by atoms with van der Waals surface area (Å²) in [7, 11) is 1.51. The highest BCUT2D eigenvalue weighted by atomic mass is 16.5. The minimum absolute atomic E-state index is 0.0207. The van der Waals surface area contributed by atoms with Gasteiger partial charge in [0.2, 0.25) is 5.91 Å². The second-order valence-electron chi connectivity index (χ2n) is 2.66. The van der Waals surface area contributed by atoms with Crippen LogP contribution in [0.4, 0.5) is 0 Å². The van der Waals surface area contributed by atoms with Gasteiger partial charge in [0.05, 0.1) is 12.7 Å². The normalized spacial score (nSPS) is 12.6. The second-order valence-corrected chi connectivity index (χ2v) is 2.66. The molecule has 0 bridgehead atoms. The molecule has 0 heterocycles. The number of carbonyl (C=O) groups is 1. The number of hydrogen-bond donors (Lipinski definition) is 2. The maximum atomic E-state index is 10.9. The first kappa shape index (κ1) is 11.4. The molecule has 0 rings (SSSR count). The highest BCUT2D eigenvalue weighted by Crippen LogP contribution is 1.87. The molecule has 0 fully saturated rings. The highest BCUT2D eigenvalue weighted by Gasteiger charge is 2.04. The van der Waals surface area contributed by atoms with E-state index >= 15 is 0 Å². The van der Waals surface area contributed by atoms with Gasteiger partial charge in [-0.2, -0.15) is 0 Å². The molecule has 0 aromatic heterocycles. The Balaban J connectivity index is 3.33. The van der Waals surface area contributed by atoms with Gasteiger partial charge in [0.1, 0.15) is 0 Å². The van der Waals surface area contributed by atoms with Crippen molar-refractivity contribution >= 4 is 5.91 Å². The summed E-state index contributed by atoms with van der Waals surface area (Å²) >= 11 is 0. The Bertz CT molecular complexity index is 127. The summed E-state index contributed by atoms with van der Waals surface area (Å²) in [6.45, 7) is 2.46. The van der Waals surface area contributed by atoms with Gasteiger partial charge in [0, 0.05) is 20.1 Å². The lowest BCUT2D eigenvalue weighted by Crippen LogP contribution is -2.34. The van der Waals surface area contributed by atoms with Gasteiger partial charge in [-0.3, -0.25) is 4.79 Å². The van der Waals surface area contributed by atoms with Crippen molar-refractivity contribution in [2.45, 2.75) is 25.9 Å². The van der Waals surface area contributed by atoms with Gasteiger partial charge < -0.3 is 15.2 Å². The van der Waals surface area contributed by atoms with Crippen molar-refractivity contribution in [3.63, 3.8) is 0 Å². The monoisotopic (exact) mass is 175 g/mol. The van der Waals surface area contributed by atoms with E-state index in [4.69, 9.17) is 9.84 Å². The third-order valence-electron chi connectivity index (χ3n) is 1.37. The summed E-state index contributed by atoms with van der Waals surface area (Å²) in [5, 5.41) is 11.7. The zero-order valence-corrected chi connectivity index (χ0v) is 7.67. The number of ether oxygens (including phenoxy) is 1. The van der Waals surface area contributed by atoms with Crippen LogP contribution in [0.25, 0.3) is 0 Å². The van der Waals surface area contributed by atoms with E-state index in [1.807, 2.05) is 6.92 Å². The number of carbonyl (C=O) groups excluding carboxylic acids is 1. The van der Waals surface area contributed by atoms with E-state index in [0.717, 1.165) is 6.42 Å². The number of hydrogen-bond acceptors (Lipinski definition) is 3. The van der Waals surface area contributed by atoms with Gasteiger partial charge in [-0.25, -0.2) is 0 Å². The number of rotatable bonds is 6. The second kappa shape index (κ2) is 7.06. The van der Waals surface area contributed by atoms with Crippen molar-refractivity contribution in [1.29, 1.82) is 0 Å². The topological polar surface area (TPSA) is 58.6 Å². The quantitative estimate of drug-likeness (QED) is 0.593. The maximum Gasteiger partial charge on any atom is 0.220 e. The standard InChI is InChI=1S/C8H17NO3/c1-3-4-8(11)9-5-7(10)6-12-2/h7,10H,3-6H2,1-2H3,(H,9,11). The smallest absolute Gasteiger partial charge is 0.220 e. The van der Waals surface area contributed by atoms with Crippen LogP contribution in [0.2, 0.25) is 0 Å². The predicted molar refractivity (Wildman–Crippen MR) is 45.8 cm³/mol. The zero-order valence-electron chi connectivity index (χ0n) is 7.67. The van der Waals surface area contributed by atoms with Gasteiger partial charge in [-0.1, -0.05) is 6.92 Å². The summed E-state index contributed by atoms with van der Waals surface area (Å²) < 4.78 is 4.69. The summed E-state index contributed by atoms with van der Waals surface area (Å²) in [4.78, 5) is 10.9. The summed E-state index contributed by atoms with van der Waals surface area (Å²) in [5.74, 6) is -0.0207. The Labute approximate surface area is 72.9 Å². The van der Waals surface area contributed by atoms with Gasteiger partial charge in [0.15, 0.2) is 0 Å². The van der Waals surface area contributed by atoms with Crippen molar-refractivity contribution in [2.75, 3.05) is 20.3 Å². The number of methoxy groups -OCH3 is 1. The molecule has 1 atom stereocenters. The van der Waals surface area contributed by atoms with Gasteiger partial charge in [0.25, 0.3) is 0 Å². The molecule has 0 saturated carbocycles. The first-order chi connectivity index (χ1) is 5.70. The Kier molecular flexibility index (Phi) is 6.70. The van der Waals surface area contributed by atoms with E-state index in [-0.39, 0.29) is 19.1 Å². The van der Waals surface area contributed by atoms with Crippen LogP contribution in [0.15, 0.2) is 0 Å². The molecule has 0 aliphatic heterocycles. The van der Waals surface area contributed by atoms with Crippen LogP contribution in [-0.4, -0.2) is 37.4 Å². The Morgan fingerprint density at radius 1 is 1.67 bits per heavy atom. The van der Waals surface area contributed by atoms with Crippen molar-refractivity contribution in [2.24, 2.45) is 0 Å². The average molecular weight is 175 g/mol. The SMILES string of the molecule is CCCC(=O)NCC(O)COC. The summed E-state index contributed by atoms with van der Waals surface area (Å²) in [6, 6.07) is 0. The van der Waals surface area contributed by atoms with Gasteiger partial charge in [-0.05, 0) is 6.42 Å². The van der Waals surface area contributed by atoms with Crippen LogP contribution in [-0.2, 0) is 9.53 Å². The predicted octanol–water partition coefficient (Wildman–Crippen LogP) is -0.0900. The molecule has 0 saturated heterocycles. The van der Waals surface area contributed by atoms with Crippen molar-refractivity contribution in [1.82, 2.24) is 5.32 Å². The molecule has 1 unspecified atom stereocenters. The Morgan fingerprint density at radius 2 is 2.33 bits per heavy atom. The van der Waals surface area contributed by atoms with Crippen LogP contribution >= 0.6 is 0 Å². The van der Waals surface area contributed by atoms with Crippen LogP contribution in [0.3, 0.4) is 0 Å². The first-order valence-electron chi connectivity index (χ1n) is 4.14. The fraction of sp³-hybridized carbons (Fsp3) is 0.875. The minimum Gasteiger partial charge on any atom is -0.389 e. The third-order valence-corrected chi connectivity index (χ3v) is 1.37. The molecule has 12 heavy (non-hydrogen) atoms. The molecule has 0 aromatic carbocycles. The lowest BCUT2D eigenvalue weighted by atomic mass is 10.3. The molecule has 72 valence electrons. The van der Waals surface area contributed by atoms with E-state index in [1.165, 1.54) is 7.11 Å². The Hall–Kier alpha value is -0.610. The van der Waals surface area contributed by atoms with Crippen molar-refractivity contribution in [3.8, 4) is 0 Å². The first-order valence-corrected chi connectivity index (χ1v) is 4.14. The van der Waals surface area contributed by atoms with E-state index in [2.05, 4.69) is 5.32 Å². The minimum atomic E-state index is -0.601. The fourth-order valence-corrected chi connectivity index (χ4v) is 0.798. The van der Waals surface area contributed by atoms with E-state index in [0.29, 0.717) is 6.42 Å². The van der Waals surface area contributed by atoms with Crippen LogP contribution < -0.4 is 5.32 Å². The van der Waals surface area contributed by atoms with Crippen molar-refractivity contribution in [3.05, 3.63) is 0 Å². The number of aliphatic hydroxyl groups is 1. The van der Waals surface area contributed by atoms with E-state index < -0.39 is 6.10 Å². The van der Waals surface area contributed by atoms with Crippen LogP contribution in [0.1, 0.15) is 19.8 Å². The summed E-state index contributed by atoms with van der Waals surface area (Å²) in [6.07, 6.45) is 0.738. The molecule has 1 amide bonds. The van der Waals surface area contributed by atoms with Gasteiger partial charge >= 0.3 is 0 Å². The molecule has 4 nitrogen and oxygen atoms in total. The number of amides is 1. The molecule has 0 aliphatic carbocycles. The lowest BCUT2D eigenvalue weighted by molar-refractivity contribution is -0.121. The zero-order chi connectivity index (χ0) is 9.40. The largest absolute Gasteiger partial charge is 0.389 e. The third kappa shape index (κ3) is 6.12. The molecule has 0 aliphatic rings. The molecular formula is C8H17NO3. The van der Waals surface area contributed by atoms with Crippen LogP contribution in [0, 0.1) is 0 Å². The molecule has 0 radical (unpaired) electrons. The van der Waals surface area contributed by atoms with Crippen molar-refractivity contribution < 1.29 is 14.6 Å². The molecular weight excluding hydrogens is 158 g/mol. The number of aliphatic hydroxyl groups excluding tert-OH is 1. The highest BCUT2D eigenvalue weighted by molar-refractivity contribution is 5.75. The van der Waals surface area contributed by atoms with Gasteiger partial charge in [-0.15, -0.1) is 0 Å². The molecule has 4 heteroatoms. The lowest BCUT2D eigenvalue weighted by Gasteiger charge is -2.09. The average Bonchev–Trinajstić information content (AvgIpc) is 2.02. The Morgan fingerprint density at radius 3 is 2.83 bits per heavy atom. The maximum absolute atomic E-state index is 10.9. The molecule has 0 aromatic rings.